The monoisotopic (exact) mass is 708 g/mol. The molecule has 0 radical (unpaired) electrons. The van der Waals surface area contributed by atoms with Gasteiger partial charge in [-0.05, 0) is 94.0 Å². The SMILES string of the molecule is CC1(C)c2ccccc2-c2ccc3c4ccccc4n(-c4ccc(N(c5ccccc5)c5ccc(-c6cccc7c6sc6ccccc67)cc5)cc4)c3c21. The van der Waals surface area contributed by atoms with Crippen molar-refractivity contribution in [2.45, 2.75) is 19.3 Å². The Labute approximate surface area is 318 Å². The van der Waals surface area contributed by atoms with Crippen molar-refractivity contribution >= 4 is 70.4 Å². The van der Waals surface area contributed by atoms with Crippen molar-refractivity contribution in [2.75, 3.05) is 4.90 Å². The van der Waals surface area contributed by atoms with Gasteiger partial charge in [0, 0.05) is 59.1 Å². The van der Waals surface area contributed by atoms with E-state index >= 15 is 0 Å². The van der Waals surface area contributed by atoms with E-state index < -0.39 is 0 Å². The number of fused-ring (bicyclic) bond motifs is 10. The Morgan fingerprint density at radius 3 is 1.91 bits per heavy atom. The number of para-hydroxylation sites is 2. The van der Waals surface area contributed by atoms with Gasteiger partial charge in [0.25, 0.3) is 0 Å². The molecule has 0 saturated heterocycles. The van der Waals surface area contributed by atoms with Crippen LogP contribution in [0.15, 0.2) is 182 Å². The third-order valence-corrected chi connectivity index (χ3v) is 12.8. The first-order chi connectivity index (χ1) is 26.6. The fourth-order valence-electron chi connectivity index (χ4n) is 9.12. The summed E-state index contributed by atoms with van der Waals surface area (Å²) in [5, 5.41) is 5.23. The molecule has 0 spiro atoms. The molecule has 1 aliphatic carbocycles. The Balaban J connectivity index is 1.04. The van der Waals surface area contributed by atoms with Crippen LogP contribution in [0.4, 0.5) is 17.1 Å². The van der Waals surface area contributed by atoms with Crippen LogP contribution in [-0.2, 0) is 5.41 Å². The lowest BCUT2D eigenvalue weighted by Gasteiger charge is -2.26. The maximum Gasteiger partial charge on any atom is 0.0588 e. The molecule has 2 heterocycles. The Bertz CT molecular complexity index is 3060. The second-order valence-electron chi connectivity index (χ2n) is 14.9. The van der Waals surface area contributed by atoms with Gasteiger partial charge < -0.3 is 9.47 Å². The molecule has 11 rings (SSSR count). The van der Waals surface area contributed by atoms with E-state index in [4.69, 9.17) is 0 Å². The fourth-order valence-corrected chi connectivity index (χ4v) is 10.4. The first kappa shape index (κ1) is 31.1. The van der Waals surface area contributed by atoms with E-state index in [9.17, 15) is 0 Å². The van der Waals surface area contributed by atoms with Crippen molar-refractivity contribution in [3.05, 3.63) is 193 Å². The quantitative estimate of drug-likeness (QED) is 0.173. The zero-order chi connectivity index (χ0) is 36.0. The van der Waals surface area contributed by atoms with Crippen LogP contribution in [0.1, 0.15) is 25.0 Å². The van der Waals surface area contributed by atoms with E-state index in [0.29, 0.717) is 0 Å². The molecular formula is C51H36N2S. The lowest BCUT2D eigenvalue weighted by atomic mass is 9.81. The number of aromatic nitrogens is 1. The molecule has 0 N–H and O–H groups in total. The molecule has 3 heteroatoms. The molecule has 0 atom stereocenters. The molecule has 0 saturated carbocycles. The Hall–Kier alpha value is -6.42. The summed E-state index contributed by atoms with van der Waals surface area (Å²) in [6, 6.07) is 66.8. The average molecular weight is 709 g/mol. The van der Waals surface area contributed by atoms with Gasteiger partial charge in [0.2, 0.25) is 0 Å². The van der Waals surface area contributed by atoms with Gasteiger partial charge in [-0.15, -0.1) is 11.3 Å². The van der Waals surface area contributed by atoms with E-state index in [1.165, 1.54) is 75.4 Å². The molecule has 0 aliphatic heterocycles. The van der Waals surface area contributed by atoms with Crippen LogP contribution in [0.25, 0.3) is 69.9 Å². The normalized spacial score (nSPS) is 13.1. The summed E-state index contributed by atoms with van der Waals surface area (Å²) in [4.78, 5) is 2.36. The minimum Gasteiger partial charge on any atom is -0.311 e. The third kappa shape index (κ3) is 4.52. The summed E-state index contributed by atoms with van der Waals surface area (Å²) in [5.74, 6) is 0. The molecule has 8 aromatic carbocycles. The smallest absolute Gasteiger partial charge is 0.0588 e. The number of benzene rings is 8. The minimum atomic E-state index is -0.129. The highest BCUT2D eigenvalue weighted by Gasteiger charge is 2.38. The van der Waals surface area contributed by atoms with E-state index in [0.717, 1.165) is 22.7 Å². The number of hydrogen-bond donors (Lipinski definition) is 0. The van der Waals surface area contributed by atoms with Crippen LogP contribution in [-0.4, -0.2) is 4.57 Å². The maximum atomic E-state index is 2.50. The summed E-state index contributed by atoms with van der Waals surface area (Å²) in [7, 11) is 0. The van der Waals surface area contributed by atoms with Gasteiger partial charge >= 0.3 is 0 Å². The predicted octanol–water partition coefficient (Wildman–Crippen LogP) is 14.6. The number of hydrogen-bond acceptors (Lipinski definition) is 2. The zero-order valence-electron chi connectivity index (χ0n) is 30.1. The summed E-state index contributed by atoms with van der Waals surface area (Å²) in [6.07, 6.45) is 0. The van der Waals surface area contributed by atoms with Crippen LogP contribution in [0, 0.1) is 0 Å². The van der Waals surface area contributed by atoms with Gasteiger partial charge in [0.1, 0.15) is 0 Å². The Morgan fingerprint density at radius 2 is 1.09 bits per heavy atom. The second kappa shape index (κ2) is 11.8. The van der Waals surface area contributed by atoms with Gasteiger partial charge in [0.15, 0.2) is 0 Å². The maximum absolute atomic E-state index is 2.50. The van der Waals surface area contributed by atoms with Crippen LogP contribution in [0.3, 0.4) is 0 Å². The van der Waals surface area contributed by atoms with Crippen LogP contribution >= 0.6 is 11.3 Å². The van der Waals surface area contributed by atoms with Crippen molar-refractivity contribution in [2.24, 2.45) is 0 Å². The van der Waals surface area contributed by atoms with Gasteiger partial charge in [-0.3, -0.25) is 0 Å². The van der Waals surface area contributed by atoms with Crippen molar-refractivity contribution < 1.29 is 0 Å². The molecule has 2 aromatic heterocycles. The summed E-state index contributed by atoms with van der Waals surface area (Å²) in [5.41, 5.74) is 14.9. The van der Waals surface area contributed by atoms with Crippen LogP contribution in [0.5, 0.6) is 0 Å². The van der Waals surface area contributed by atoms with Crippen molar-refractivity contribution in [3.8, 4) is 27.9 Å². The molecule has 0 unspecified atom stereocenters. The largest absolute Gasteiger partial charge is 0.311 e. The topological polar surface area (TPSA) is 8.17 Å². The molecule has 2 nitrogen and oxygen atoms in total. The standard InChI is InChI=1S/C51H36N2S/c1-51(2)45-20-9-6-15-39(45)42-31-32-43-40-16-7-10-21-46(40)53(49(43)48(42)51)37-29-27-36(28-30-37)52(34-13-4-3-5-14-34)35-25-23-33(24-26-35)38-18-12-19-44-41-17-8-11-22-47(41)54-50(38)44/h3-32H,1-2H3. The number of nitrogens with zero attached hydrogens (tertiary/aromatic N) is 2. The highest BCUT2D eigenvalue weighted by atomic mass is 32.1. The molecular weight excluding hydrogens is 673 g/mol. The van der Waals surface area contributed by atoms with Crippen LogP contribution < -0.4 is 4.90 Å². The molecule has 1 aliphatic rings. The summed E-state index contributed by atoms with van der Waals surface area (Å²) < 4.78 is 5.16. The highest BCUT2D eigenvalue weighted by Crippen LogP contribution is 2.53. The molecule has 0 fully saturated rings. The lowest BCUT2D eigenvalue weighted by Crippen LogP contribution is -2.16. The summed E-state index contributed by atoms with van der Waals surface area (Å²) in [6.45, 7) is 4.77. The van der Waals surface area contributed by atoms with Gasteiger partial charge in [-0.2, -0.15) is 0 Å². The second-order valence-corrected chi connectivity index (χ2v) is 16.0. The van der Waals surface area contributed by atoms with Crippen molar-refractivity contribution in [1.29, 1.82) is 0 Å². The Morgan fingerprint density at radius 1 is 0.463 bits per heavy atom. The van der Waals surface area contributed by atoms with Gasteiger partial charge in [-0.25, -0.2) is 0 Å². The zero-order valence-corrected chi connectivity index (χ0v) is 30.9. The van der Waals surface area contributed by atoms with E-state index in [-0.39, 0.29) is 5.41 Å². The van der Waals surface area contributed by atoms with E-state index in [1.54, 1.807) is 0 Å². The molecule has 10 aromatic rings. The molecule has 0 amide bonds. The third-order valence-electron chi connectivity index (χ3n) is 11.6. The van der Waals surface area contributed by atoms with Crippen LogP contribution in [0.2, 0.25) is 0 Å². The first-order valence-corrected chi connectivity index (χ1v) is 19.5. The Kier molecular flexibility index (Phi) is 6.80. The first-order valence-electron chi connectivity index (χ1n) is 18.7. The van der Waals surface area contributed by atoms with Gasteiger partial charge in [-0.1, -0.05) is 135 Å². The molecule has 0 bridgehead atoms. The molecule has 256 valence electrons. The minimum absolute atomic E-state index is 0.129. The van der Waals surface area contributed by atoms with E-state index in [1.807, 2.05) is 11.3 Å². The van der Waals surface area contributed by atoms with E-state index in [2.05, 4.69) is 205 Å². The molecule has 54 heavy (non-hydrogen) atoms. The van der Waals surface area contributed by atoms with Crippen molar-refractivity contribution in [3.63, 3.8) is 0 Å². The number of anilines is 3. The lowest BCUT2D eigenvalue weighted by molar-refractivity contribution is 0.664. The van der Waals surface area contributed by atoms with Crippen molar-refractivity contribution in [1.82, 2.24) is 4.57 Å². The van der Waals surface area contributed by atoms with Gasteiger partial charge in [0.05, 0.1) is 11.0 Å². The fraction of sp³-hybridized carbons (Fsp3) is 0.0588. The predicted molar refractivity (Wildman–Crippen MR) is 231 cm³/mol. The number of rotatable bonds is 5. The highest BCUT2D eigenvalue weighted by molar-refractivity contribution is 7.26. The summed E-state index contributed by atoms with van der Waals surface area (Å²) >= 11 is 1.88. The number of thiophene rings is 1. The average Bonchev–Trinajstić information content (AvgIpc) is 3.85.